The number of nitrogens with one attached hydrogen (secondary N) is 1. The number of rotatable bonds is 14. The fourth-order valence-electron chi connectivity index (χ4n) is 15.9. The van der Waals surface area contributed by atoms with Crippen molar-refractivity contribution in [2.24, 2.45) is 74.9 Å². The first-order valence-electron chi connectivity index (χ1n) is 24.0. The van der Waals surface area contributed by atoms with Gasteiger partial charge in [-0.3, -0.25) is 14.5 Å². The molecule has 6 nitrogen and oxygen atoms in total. The first kappa shape index (κ1) is 43.5. The summed E-state index contributed by atoms with van der Waals surface area (Å²) in [5.74, 6) is 5.43. The van der Waals surface area contributed by atoms with Gasteiger partial charge in [-0.1, -0.05) is 78.3 Å². The smallest absolute Gasteiger partial charge is 0.159 e. The van der Waals surface area contributed by atoms with E-state index in [1.165, 1.54) is 70.0 Å². The van der Waals surface area contributed by atoms with Crippen molar-refractivity contribution in [3.8, 4) is 5.75 Å². The van der Waals surface area contributed by atoms with E-state index >= 15 is 0 Å². The molecule has 1 aromatic rings. The summed E-state index contributed by atoms with van der Waals surface area (Å²) in [5.41, 5.74) is 4.53. The fraction of sp³-hybridized carbons (Fsp3) is 0.769. The van der Waals surface area contributed by atoms with E-state index in [9.17, 15) is 14.7 Å². The molecule has 0 aromatic heterocycles. The lowest BCUT2D eigenvalue weighted by Crippen LogP contribution is -2.62. The van der Waals surface area contributed by atoms with Crippen LogP contribution in [0, 0.1) is 74.9 Å². The number of carbonyl (C=O) groups excluding carboxylic acids is 2. The Morgan fingerprint density at radius 3 is 2.46 bits per heavy atom. The van der Waals surface area contributed by atoms with Crippen LogP contribution in [0.5, 0.6) is 5.75 Å². The number of ketones is 2. The molecule has 11 unspecified atom stereocenters. The minimum atomic E-state index is -0.0286. The van der Waals surface area contributed by atoms with Gasteiger partial charge in [0.1, 0.15) is 18.1 Å². The van der Waals surface area contributed by atoms with Gasteiger partial charge in [0, 0.05) is 53.8 Å². The molecule has 59 heavy (non-hydrogen) atoms. The minimum Gasteiger partial charge on any atom is -0.513 e. The van der Waals surface area contributed by atoms with Crippen molar-refractivity contribution < 1.29 is 19.4 Å². The Balaban J connectivity index is 0.948. The maximum atomic E-state index is 14.1. The van der Waals surface area contributed by atoms with Crippen LogP contribution < -0.4 is 10.1 Å². The quantitative estimate of drug-likeness (QED) is 0.144. The van der Waals surface area contributed by atoms with Crippen LogP contribution in [0.1, 0.15) is 144 Å². The van der Waals surface area contributed by atoms with E-state index in [4.69, 9.17) is 16.3 Å². The lowest BCUT2D eigenvalue weighted by Gasteiger charge is -2.69. The largest absolute Gasteiger partial charge is 0.513 e. The molecule has 8 rings (SSSR count). The van der Waals surface area contributed by atoms with Crippen LogP contribution in [-0.4, -0.2) is 54.4 Å². The van der Waals surface area contributed by atoms with Crippen LogP contribution in [0.2, 0.25) is 5.02 Å². The molecule has 6 fully saturated rings. The number of ether oxygens (including phenoxy) is 1. The molecule has 0 radical (unpaired) electrons. The van der Waals surface area contributed by atoms with Crippen LogP contribution in [0.15, 0.2) is 41.7 Å². The van der Waals surface area contributed by atoms with Gasteiger partial charge in [0.25, 0.3) is 0 Å². The number of carbonyl (C=O) groups is 2. The Kier molecular flexibility index (Phi) is 12.2. The molecule has 2 N–H and O–H groups in total. The highest BCUT2D eigenvalue weighted by Gasteiger charge is 2.66. The van der Waals surface area contributed by atoms with Crippen molar-refractivity contribution in [3.05, 3.63) is 52.3 Å². The van der Waals surface area contributed by atoms with Gasteiger partial charge in [-0.25, -0.2) is 0 Å². The predicted octanol–water partition coefficient (Wildman–Crippen LogP) is 11.8. The standard InChI is InChI=1S/C52H77ClN2O4/c1-32(2)47-43(58)30-52(21-22-54-31-35-11-12-37(53)28-44(35)59-26-25-55-23-9-10-24-55)20-16-41-38(48(47)52)13-14-46-50(41,7)19-17-45-49(5,6)36(15-18-51(45,46)8)27-42(57)40-29-39(33(40)3)34(4)56/h11-12,28,32-33,36,38-41,45-46,54,56H,4,9-10,13-27,29-31H2,1-3,5-8H3. The topological polar surface area (TPSA) is 78.9 Å². The Bertz CT molecular complexity index is 1810. The summed E-state index contributed by atoms with van der Waals surface area (Å²) in [7, 11) is 0. The zero-order valence-electron chi connectivity index (χ0n) is 37.8. The van der Waals surface area contributed by atoms with E-state index in [-0.39, 0.29) is 51.1 Å². The van der Waals surface area contributed by atoms with Crippen molar-refractivity contribution in [1.82, 2.24) is 10.2 Å². The number of aliphatic hydroxyl groups is 1. The van der Waals surface area contributed by atoms with E-state index in [1.54, 1.807) is 5.57 Å². The molecule has 0 bridgehead atoms. The number of hydrogen-bond acceptors (Lipinski definition) is 6. The van der Waals surface area contributed by atoms with E-state index in [2.05, 4.69) is 71.3 Å². The monoisotopic (exact) mass is 829 g/mol. The van der Waals surface area contributed by atoms with E-state index in [1.807, 2.05) is 12.1 Å². The molecule has 7 aliphatic rings. The number of nitrogens with zero attached hydrogens (tertiary/aromatic N) is 1. The van der Waals surface area contributed by atoms with Gasteiger partial charge in [0.15, 0.2) is 5.78 Å². The predicted molar refractivity (Wildman–Crippen MR) is 239 cm³/mol. The number of benzene rings is 1. The summed E-state index contributed by atoms with van der Waals surface area (Å²) < 4.78 is 6.32. The maximum absolute atomic E-state index is 14.1. The molecule has 1 aliphatic heterocycles. The number of allylic oxidation sites excluding steroid dienone is 3. The average molecular weight is 830 g/mol. The molecule has 326 valence electrons. The summed E-state index contributed by atoms with van der Waals surface area (Å²) in [6.45, 7) is 26.4. The third-order valence-electron chi connectivity index (χ3n) is 19.0. The highest BCUT2D eigenvalue weighted by Crippen LogP contribution is 2.74. The molecule has 1 aromatic carbocycles. The van der Waals surface area contributed by atoms with E-state index in [0.29, 0.717) is 65.6 Å². The van der Waals surface area contributed by atoms with Gasteiger partial charge < -0.3 is 15.2 Å². The second-order valence-corrected chi connectivity index (χ2v) is 22.9. The van der Waals surface area contributed by atoms with Gasteiger partial charge in [0.2, 0.25) is 0 Å². The Morgan fingerprint density at radius 1 is 1.00 bits per heavy atom. The minimum absolute atomic E-state index is 0.0286. The third-order valence-corrected chi connectivity index (χ3v) is 19.3. The van der Waals surface area contributed by atoms with Gasteiger partial charge in [-0.15, -0.1) is 0 Å². The Labute approximate surface area is 362 Å². The zero-order valence-corrected chi connectivity index (χ0v) is 38.5. The first-order valence-corrected chi connectivity index (χ1v) is 24.4. The molecule has 5 saturated carbocycles. The Morgan fingerprint density at radius 2 is 1.75 bits per heavy atom. The number of hydrogen-bond donors (Lipinski definition) is 2. The Hall–Kier alpha value is -2.15. The summed E-state index contributed by atoms with van der Waals surface area (Å²) in [6.07, 6.45) is 15.4. The summed E-state index contributed by atoms with van der Waals surface area (Å²) in [6, 6.07) is 6.04. The highest BCUT2D eigenvalue weighted by molar-refractivity contribution is 6.30. The van der Waals surface area contributed by atoms with Gasteiger partial charge in [-0.05, 0) is 172 Å². The van der Waals surface area contributed by atoms with Gasteiger partial charge in [-0.2, -0.15) is 0 Å². The SMILES string of the molecule is C=C(O)C1CC(C(=O)CC2CCC3(C)C(CCC4(C)C5CCC6(CCNCc7ccc(Cl)cc7OCCN7CCCC7)CC(=O)C(C(C)C)=C6C5CCC43)C2(C)C)C1C. The number of aliphatic hydroxyl groups excluding tert-OH is 1. The molecular formula is C52H77ClN2O4. The van der Waals surface area contributed by atoms with Crippen molar-refractivity contribution in [1.29, 1.82) is 0 Å². The molecule has 7 heteroatoms. The summed E-state index contributed by atoms with van der Waals surface area (Å²) in [4.78, 5) is 30.4. The van der Waals surface area contributed by atoms with Crippen molar-refractivity contribution in [3.63, 3.8) is 0 Å². The summed E-state index contributed by atoms with van der Waals surface area (Å²) in [5, 5.41) is 14.5. The second-order valence-electron chi connectivity index (χ2n) is 22.4. The third kappa shape index (κ3) is 7.61. The van der Waals surface area contributed by atoms with Crippen molar-refractivity contribution >= 4 is 23.2 Å². The van der Waals surface area contributed by atoms with E-state index < -0.39 is 0 Å². The van der Waals surface area contributed by atoms with Crippen LogP contribution in [0.3, 0.4) is 0 Å². The fourth-order valence-corrected chi connectivity index (χ4v) is 16.0. The van der Waals surface area contributed by atoms with Crippen LogP contribution >= 0.6 is 11.6 Å². The normalized spacial score (nSPS) is 39.0. The lowest BCUT2D eigenvalue weighted by atomic mass is 9.35. The first-order chi connectivity index (χ1) is 28.0. The molecule has 6 aliphatic carbocycles. The van der Waals surface area contributed by atoms with Gasteiger partial charge in [0.05, 0.1) is 5.76 Å². The molecule has 11 atom stereocenters. The number of fused-ring (bicyclic) bond motifs is 7. The number of halogens is 1. The molecule has 1 saturated heterocycles. The number of likely N-dealkylation sites (tertiary alicyclic amines) is 1. The highest BCUT2D eigenvalue weighted by atomic mass is 35.5. The molecule has 0 amide bonds. The molecular weight excluding hydrogens is 752 g/mol. The van der Waals surface area contributed by atoms with Crippen molar-refractivity contribution in [2.45, 2.75) is 145 Å². The van der Waals surface area contributed by atoms with Crippen LogP contribution in [0.4, 0.5) is 0 Å². The number of Topliss-reactive ketones (excluding diaryl/α,β-unsaturated/α-hetero) is 2. The molecule has 0 spiro atoms. The summed E-state index contributed by atoms with van der Waals surface area (Å²) >= 11 is 6.45. The zero-order chi connectivity index (χ0) is 42.1. The van der Waals surface area contributed by atoms with Gasteiger partial charge >= 0.3 is 0 Å². The lowest BCUT2D eigenvalue weighted by molar-refractivity contribution is -0.193. The van der Waals surface area contributed by atoms with Crippen LogP contribution in [0.25, 0.3) is 0 Å². The maximum Gasteiger partial charge on any atom is 0.159 e. The van der Waals surface area contributed by atoms with E-state index in [0.717, 1.165) is 56.6 Å². The van der Waals surface area contributed by atoms with Crippen LogP contribution in [-0.2, 0) is 16.1 Å². The second kappa shape index (κ2) is 16.5. The average Bonchev–Trinajstić information content (AvgIpc) is 3.80. The molecule has 1 heterocycles. The van der Waals surface area contributed by atoms with Crippen molar-refractivity contribution in [2.75, 3.05) is 32.8 Å².